The van der Waals surface area contributed by atoms with E-state index in [1.807, 2.05) is 30.5 Å². The van der Waals surface area contributed by atoms with Gasteiger partial charge in [0.15, 0.2) is 0 Å². The fourth-order valence-corrected chi connectivity index (χ4v) is 4.55. The summed E-state index contributed by atoms with van der Waals surface area (Å²) in [6, 6.07) is 13.6. The SMILES string of the molecule is O=C(O)c1c(-c2ccc[nH]c2=O)c2c3occc3c(F)cc2n1Cc1ccc2cc[nH]c2c1. The van der Waals surface area contributed by atoms with Gasteiger partial charge in [0.25, 0.3) is 5.56 Å². The molecule has 8 heteroatoms. The molecule has 2 aromatic carbocycles. The molecule has 0 bridgehead atoms. The van der Waals surface area contributed by atoms with Gasteiger partial charge in [-0.2, -0.15) is 0 Å². The molecule has 4 heterocycles. The van der Waals surface area contributed by atoms with E-state index in [2.05, 4.69) is 9.97 Å². The minimum absolute atomic E-state index is 0.114. The van der Waals surface area contributed by atoms with Gasteiger partial charge in [-0.1, -0.05) is 12.1 Å². The Balaban J connectivity index is 1.74. The van der Waals surface area contributed by atoms with Gasteiger partial charge in [-0.15, -0.1) is 0 Å². The Morgan fingerprint density at radius 2 is 1.97 bits per heavy atom. The van der Waals surface area contributed by atoms with Gasteiger partial charge in [-0.05, 0) is 47.3 Å². The Hall–Kier alpha value is -4.59. The van der Waals surface area contributed by atoms with Crippen LogP contribution < -0.4 is 5.56 Å². The number of fused-ring (bicyclic) bond motifs is 4. The van der Waals surface area contributed by atoms with Crippen molar-refractivity contribution in [3.8, 4) is 11.1 Å². The number of nitrogens with one attached hydrogen (secondary N) is 2. The molecular formula is C25H16FN3O4. The lowest BCUT2D eigenvalue weighted by atomic mass is 10.0. The number of halogens is 1. The Labute approximate surface area is 184 Å². The summed E-state index contributed by atoms with van der Waals surface area (Å²) < 4.78 is 22.1. The van der Waals surface area contributed by atoms with E-state index < -0.39 is 17.3 Å². The van der Waals surface area contributed by atoms with Gasteiger partial charge in [0.1, 0.15) is 17.1 Å². The fraction of sp³-hybridized carbons (Fsp3) is 0.0400. The second-order valence-corrected chi connectivity index (χ2v) is 7.84. The molecule has 4 aromatic heterocycles. The van der Waals surface area contributed by atoms with Crippen molar-refractivity contribution in [1.29, 1.82) is 0 Å². The molecule has 0 spiro atoms. The van der Waals surface area contributed by atoms with Gasteiger partial charge in [0.2, 0.25) is 0 Å². The summed E-state index contributed by atoms with van der Waals surface area (Å²) in [6.45, 7) is 0.156. The molecule has 0 atom stereocenters. The molecular weight excluding hydrogens is 425 g/mol. The highest BCUT2D eigenvalue weighted by molar-refractivity contribution is 6.17. The zero-order chi connectivity index (χ0) is 22.7. The number of carbonyl (C=O) groups is 1. The number of aromatic nitrogens is 3. The van der Waals surface area contributed by atoms with Crippen LogP contribution in [0.3, 0.4) is 0 Å². The molecule has 0 unspecified atom stereocenters. The number of carboxylic acids is 1. The maximum Gasteiger partial charge on any atom is 0.353 e. The molecule has 0 radical (unpaired) electrons. The summed E-state index contributed by atoms with van der Waals surface area (Å²) in [5.41, 5.74) is 2.05. The molecule has 6 rings (SSSR count). The number of H-pyrrole nitrogens is 2. The van der Waals surface area contributed by atoms with Crippen LogP contribution >= 0.6 is 0 Å². The molecule has 0 saturated heterocycles. The number of pyridine rings is 1. The van der Waals surface area contributed by atoms with E-state index >= 15 is 0 Å². The molecule has 6 aromatic rings. The van der Waals surface area contributed by atoms with Crippen molar-refractivity contribution in [2.75, 3.05) is 0 Å². The van der Waals surface area contributed by atoms with Gasteiger partial charge in [0.05, 0.1) is 28.1 Å². The highest BCUT2D eigenvalue weighted by Crippen LogP contribution is 2.40. The normalized spacial score (nSPS) is 11.7. The zero-order valence-electron chi connectivity index (χ0n) is 17.1. The summed E-state index contributed by atoms with van der Waals surface area (Å²) in [5, 5.41) is 11.9. The van der Waals surface area contributed by atoms with E-state index in [-0.39, 0.29) is 34.3 Å². The standard InChI is InChI=1S/C25H16FN3O4/c26-17-11-19-21(23-15(17)6-9-33-23)20(16-2-1-7-28-24(16)30)22(25(31)32)29(19)12-13-3-4-14-5-8-27-18(14)10-13/h1-11,27H,12H2,(H,28,30)(H,31,32). The third-order valence-corrected chi connectivity index (χ3v) is 5.97. The van der Waals surface area contributed by atoms with Crippen molar-refractivity contribution < 1.29 is 18.7 Å². The molecule has 0 fully saturated rings. The van der Waals surface area contributed by atoms with E-state index in [1.54, 1.807) is 12.1 Å². The highest BCUT2D eigenvalue weighted by atomic mass is 19.1. The monoisotopic (exact) mass is 441 g/mol. The third kappa shape index (κ3) is 2.81. The minimum Gasteiger partial charge on any atom is -0.477 e. The molecule has 0 saturated carbocycles. The topological polar surface area (TPSA) is 104 Å². The van der Waals surface area contributed by atoms with Crippen LogP contribution in [0.25, 0.3) is 43.9 Å². The van der Waals surface area contributed by atoms with Crippen LogP contribution in [-0.4, -0.2) is 25.6 Å². The summed E-state index contributed by atoms with van der Waals surface area (Å²) >= 11 is 0. The van der Waals surface area contributed by atoms with E-state index in [9.17, 15) is 19.1 Å². The van der Waals surface area contributed by atoms with Crippen molar-refractivity contribution in [2.24, 2.45) is 0 Å². The predicted molar refractivity (Wildman–Crippen MR) is 122 cm³/mol. The second kappa shape index (κ2) is 6.96. The summed E-state index contributed by atoms with van der Waals surface area (Å²) in [5.74, 6) is -1.76. The van der Waals surface area contributed by atoms with Crippen LogP contribution in [0.4, 0.5) is 4.39 Å². The lowest BCUT2D eigenvalue weighted by Crippen LogP contribution is -2.13. The van der Waals surface area contributed by atoms with Crippen molar-refractivity contribution in [3.63, 3.8) is 0 Å². The molecule has 0 aliphatic rings. The Kier molecular flexibility index (Phi) is 4.03. The number of hydrogen-bond donors (Lipinski definition) is 3. The van der Waals surface area contributed by atoms with Crippen molar-refractivity contribution in [1.82, 2.24) is 14.5 Å². The van der Waals surface area contributed by atoms with Gasteiger partial charge in [0, 0.05) is 30.0 Å². The number of nitrogens with zero attached hydrogens (tertiary/aromatic N) is 1. The lowest BCUT2D eigenvalue weighted by molar-refractivity contribution is 0.0687. The largest absolute Gasteiger partial charge is 0.477 e. The highest BCUT2D eigenvalue weighted by Gasteiger charge is 2.28. The molecule has 0 amide bonds. The maximum atomic E-state index is 15.0. The number of aromatic amines is 2. The lowest BCUT2D eigenvalue weighted by Gasteiger charge is -2.10. The van der Waals surface area contributed by atoms with Gasteiger partial charge < -0.3 is 24.1 Å². The summed E-state index contributed by atoms with van der Waals surface area (Å²) in [6.07, 6.45) is 4.65. The summed E-state index contributed by atoms with van der Waals surface area (Å²) in [4.78, 5) is 31.0. The number of carboxylic acid groups (broad SMARTS) is 1. The quantitative estimate of drug-likeness (QED) is 0.354. The predicted octanol–water partition coefficient (Wildman–Crippen LogP) is 5.11. The van der Waals surface area contributed by atoms with Crippen LogP contribution in [0.2, 0.25) is 0 Å². The average molecular weight is 441 g/mol. The van der Waals surface area contributed by atoms with Crippen LogP contribution in [0.15, 0.2) is 76.4 Å². The number of rotatable bonds is 4. The van der Waals surface area contributed by atoms with Crippen molar-refractivity contribution in [2.45, 2.75) is 6.54 Å². The van der Waals surface area contributed by atoms with Gasteiger partial charge >= 0.3 is 5.97 Å². The van der Waals surface area contributed by atoms with E-state index in [4.69, 9.17) is 4.42 Å². The molecule has 33 heavy (non-hydrogen) atoms. The van der Waals surface area contributed by atoms with E-state index in [1.165, 1.54) is 29.2 Å². The Morgan fingerprint density at radius 3 is 2.79 bits per heavy atom. The van der Waals surface area contributed by atoms with Crippen LogP contribution in [-0.2, 0) is 6.54 Å². The molecule has 0 aliphatic carbocycles. The van der Waals surface area contributed by atoms with Gasteiger partial charge in [-0.25, -0.2) is 9.18 Å². The van der Waals surface area contributed by atoms with Gasteiger partial charge in [-0.3, -0.25) is 4.79 Å². The van der Waals surface area contributed by atoms with Crippen molar-refractivity contribution >= 4 is 38.7 Å². The smallest absolute Gasteiger partial charge is 0.353 e. The fourth-order valence-electron chi connectivity index (χ4n) is 4.55. The molecule has 0 aliphatic heterocycles. The minimum atomic E-state index is -1.23. The average Bonchev–Trinajstić information content (AvgIpc) is 3.52. The Morgan fingerprint density at radius 1 is 1.09 bits per heavy atom. The van der Waals surface area contributed by atoms with Crippen LogP contribution in [0.5, 0.6) is 0 Å². The van der Waals surface area contributed by atoms with Crippen LogP contribution in [0.1, 0.15) is 16.1 Å². The first-order chi connectivity index (χ1) is 16.0. The van der Waals surface area contributed by atoms with E-state index in [0.29, 0.717) is 10.9 Å². The first-order valence-electron chi connectivity index (χ1n) is 10.2. The van der Waals surface area contributed by atoms with Crippen LogP contribution in [0, 0.1) is 5.82 Å². The van der Waals surface area contributed by atoms with E-state index in [0.717, 1.165) is 16.5 Å². The number of furan rings is 1. The molecule has 162 valence electrons. The number of hydrogen-bond acceptors (Lipinski definition) is 3. The number of benzene rings is 2. The molecule has 3 N–H and O–H groups in total. The van der Waals surface area contributed by atoms with Crippen molar-refractivity contribution in [3.05, 3.63) is 94.6 Å². The first kappa shape index (κ1) is 19.1. The first-order valence-corrected chi connectivity index (χ1v) is 10.2. The summed E-state index contributed by atoms with van der Waals surface area (Å²) in [7, 11) is 0. The number of aromatic carboxylic acids is 1. The zero-order valence-corrected chi connectivity index (χ0v) is 17.1. The Bertz CT molecular complexity index is 1770. The second-order valence-electron chi connectivity index (χ2n) is 7.84. The third-order valence-electron chi connectivity index (χ3n) is 5.97. The molecule has 7 nitrogen and oxygen atoms in total. The maximum absolute atomic E-state index is 15.0.